The minimum atomic E-state index is -4.73. The minimum Gasteiger partial charge on any atom is -0.492 e. The second-order valence-corrected chi connectivity index (χ2v) is 5.04. The number of alkyl halides is 3. The van der Waals surface area contributed by atoms with Crippen molar-refractivity contribution >= 4 is 11.0 Å². The number of hydrogen-bond acceptors (Lipinski definition) is 4. The molecule has 0 spiro atoms. The number of nitrogens with one attached hydrogen (secondary N) is 1. The summed E-state index contributed by atoms with van der Waals surface area (Å²) >= 11 is 0. The zero-order chi connectivity index (χ0) is 17.2. The Labute approximate surface area is 135 Å². The number of ether oxygens (including phenoxy) is 2. The number of hydrogen-bond donors (Lipinski definition) is 1. The number of aromatic nitrogens is 3. The zero-order valence-corrected chi connectivity index (χ0v) is 12.7. The molecule has 1 N–H and O–H groups in total. The van der Waals surface area contributed by atoms with Crippen LogP contribution in [0.1, 0.15) is 13.3 Å². The molecule has 0 saturated carbocycles. The molecule has 3 rings (SSSR count). The highest BCUT2D eigenvalue weighted by Crippen LogP contribution is 2.27. The van der Waals surface area contributed by atoms with Crippen LogP contribution in [0.5, 0.6) is 11.5 Å². The van der Waals surface area contributed by atoms with Crippen molar-refractivity contribution in [2.24, 2.45) is 0 Å². The quantitative estimate of drug-likeness (QED) is 0.753. The van der Waals surface area contributed by atoms with E-state index >= 15 is 0 Å². The van der Waals surface area contributed by atoms with Gasteiger partial charge in [-0.25, -0.2) is 9.97 Å². The molecule has 0 saturated heterocycles. The van der Waals surface area contributed by atoms with Gasteiger partial charge in [-0.15, -0.1) is 13.2 Å². The summed E-state index contributed by atoms with van der Waals surface area (Å²) in [5.74, 6) is 0.801. The molecule has 1 aromatic carbocycles. The Balaban J connectivity index is 1.85. The number of halogens is 3. The molecule has 0 fully saturated rings. The van der Waals surface area contributed by atoms with Crippen molar-refractivity contribution in [2.45, 2.75) is 19.7 Å². The van der Waals surface area contributed by atoms with Crippen molar-refractivity contribution in [3.8, 4) is 23.0 Å². The molecule has 0 aliphatic rings. The van der Waals surface area contributed by atoms with Crippen LogP contribution in [0.4, 0.5) is 13.2 Å². The summed E-state index contributed by atoms with van der Waals surface area (Å²) in [6, 6.07) is 7.42. The van der Waals surface area contributed by atoms with Gasteiger partial charge in [-0.3, -0.25) is 0 Å². The van der Waals surface area contributed by atoms with Crippen LogP contribution in [0, 0.1) is 0 Å². The first-order chi connectivity index (χ1) is 11.4. The number of rotatable bonds is 5. The molecule has 0 aliphatic carbocycles. The SMILES string of the molecule is CCCOc1ccc(-c2nc3ccc(OC(F)(F)F)cc3[nH]2)nc1. The van der Waals surface area contributed by atoms with Gasteiger partial charge in [0.15, 0.2) is 5.82 Å². The first-order valence-electron chi connectivity index (χ1n) is 7.29. The summed E-state index contributed by atoms with van der Waals surface area (Å²) in [6.07, 6.45) is -2.25. The van der Waals surface area contributed by atoms with Gasteiger partial charge < -0.3 is 14.5 Å². The highest BCUT2D eigenvalue weighted by molar-refractivity contribution is 5.80. The molecule has 2 aromatic heterocycles. The van der Waals surface area contributed by atoms with Crippen molar-refractivity contribution in [3.63, 3.8) is 0 Å². The van der Waals surface area contributed by atoms with Crippen molar-refractivity contribution < 1.29 is 22.6 Å². The fourth-order valence-electron chi connectivity index (χ4n) is 2.13. The number of benzene rings is 1. The maximum atomic E-state index is 12.3. The normalized spacial score (nSPS) is 11.7. The maximum absolute atomic E-state index is 12.3. The van der Waals surface area contributed by atoms with Gasteiger partial charge in [-0.2, -0.15) is 0 Å². The monoisotopic (exact) mass is 337 g/mol. The highest BCUT2D eigenvalue weighted by Gasteiger charge is 2.31. The molecule has 126 valence electrons. The summed E-state index contributed by atoms with van der Waals surface area (Å²) in [5, 5.41) is 0. The molecule has 5 nitrogen and oxygen atoms in total. The number of H-pyrrole nitrogens is 1. The average molecular weight is 337 g/mol. The molecular formula is C16H14F3N3O2. The first kappa shape index (κ1) is 16.1. The topological polar surface area (TPSA) is 60.0 Å². The van der Waals surface area contributed by atoms with Gasteiger partial charge in [-0.05, 0) is 30.7 Å². The molecule has 0 atom stereocenters. The number of imidazole rings is 1. The van der Waals surface area contributed by atoms with E-state index in [9.17, 15) is 13.2 Å². The fourth-order valence-corrected chi connectivity index (χ4v) is 2.13. The van der Waals surface area contributed by atoms with Gasteiger partial charge in [0, 0.05) is 6.07 Å². The summed E-state index contributed by atoms with van der Waals surface area (Å²) < 4.78 is 46.2. The highest BCUT2D eigenvalue weighted by atomic mass is 19.4. The third-order valence-electron chi connectivity index (χ3n) is 3.14. The Bertz CT molecular complexity index is 829. The van der Waals surface area contributed by atoms with E-state index in [1.807, 2.05) is 6.92 Å². The van der Waals surface area contributed by atoms with Gasteiger partial charge in [-0.1, -0.05) is 6.92 Å². The van der Waals surface area contributed by atoms with Crippen molar-refractivity contribution in [2.75, 3.05) is 6.61 Å². The Morgan fingerprint density at radius 2 is 1.92 bits per heavy atom. The van der Waals surface area contributed by atoms with Gasteiger partial charge in [0.25, 0.3) is 0 Å². The van der Waals surface area contributed by atoms with Crippen LogP contribution in [0.2, 0.25) is 0 Å². The lowest BCUT2D eigenvalue weighted by Gasteiger charge is -2.07. The Morgan fingerprint density at radius 3 is 2.58 bits per heavy atom. The molecule has 24 heavy (non-hydrogen) atoms. The standard InChI is InChI=1S/C16H14F3N3O2/c1-2-7-23-11-4-6-13(20-9-11)15-21-12-5-3-10(8-14(12)22-15)24-16(17,18)19/h3-6,8-9H,2,7H2,1H3,(H,21,22). The smallest absolute Gasteiger partial charge is 0.492 e. The maximum Gasteiger partial charge on any atom is 0.573 e. The van der Waals surface area contributed by atoms with Gasteiger partial charge in [0.2, 0.25) is 0 Å². The zero-order valence-electron chi connectivity index (χ0n) is 12.7. The molecular weight excluding hydrogens is 323 g/mol. The largest absolute Gasteiger partial charge is 0.573 e. The predicted molar refractivity (Wildman–Crippen MR) is 81.8 cm³/mol. The molecule has 0 aliphatic heterocycles. The van der Waals surface area contributed by atoms with Crippen LogP contribution >= 0.6 is 0 Å². The van der Waals surface area contributed by atoms with Crippen molar-refractivity contribution in [1.82, 2.24) is 15.0 Å². The molecule has 0 unspecified atom stereocenters. The molecule has 0 bridgehead atoms. The summed E-state index contributed by atoms with van der Waals surface area (Å²) in [4.78, 5) is 11.5. The van der Waals surface area contributed by atoms with Crippen LogP contribution in [-0.2, 0) is 0 Å². The lowest BCUT2D eigenvalue weighted by molar-refractivity contribution is -0.274. The number of fused-ring (bicyclic) bond motifs is 1. The summed E-state index contributed by atoms with van der Waals surface area (Å²) in [7, 11) is 0. The van der Waals surface area contributed by atoms with Crippen LogP contribution in [0.3, 0.4) is 0 Å². The molecule has 0 amide bonds. The fraction of sp³-hybridized carbons (Fsp3) is 0.250. The Hall–Kier alpha value is -2.77. The van der Waals surface area contributed by atoms with E-state index in [4.69, 9.17) is 4.74 Å². The van der Waals surface area contributed by atoms with Crippen LogP contribution in [-0.4, -0.2) is 27.9 Å². The van der Waals surface area contributed by atoms with Crippen molar-refractivity contribution in [3.05, 3.63) is 36.5 Å². The lowest BCUT2D eigenvalue weighted by Crippen LogP contribution is -2.16. The second kappa shape index (κ2) is 6.38. The second-order valence-electron chi connectivity index (χ2n) is 5.04. The number of aromatic amines is 1. The Morgan fingerprint density at radius 1 is 1.12 bits per heavy atom. The first-order valence-corrected chi connectivity index (χ1v) is 7.29. The number of pyridine rings is 1. The van der Waals surface area contributed by atoms with Crippen LogP contribution in [0.25, 0.3) is 22.6 Å². The van der Waals surface area contributed by atoms with E-state index in [0.29, 0.717) is 34.9 Å². The van der Waals surface area contributed by atoms with E-state index in [1.54, 1.807) is 18.3 Å². The molecule has 8 heteroatoms. The third kappa shape index (κ3) is 3.76. The number of nitrogens with zero attached hydrogens (tertiary/aromatic N) is 2. The summed E-state index contributed by atoms with van der Waals surface area (Å²) in [6.45, 7) is 2.61. The lowest BCUT2D eigenvalue weighted by atomic mass is 10.3. The minimum absolute atomic E-state index is 0.304. The van der Waals surface area contributed by atoms with Gasteiger partial charge in [0.05, 0.1) is 23.8 Å². The van der Waals surface area contributed by atoms with E-state index in [1.165, 1.54) is 18.2 Å². The summed E-state index contributed by atoms with van der Waals surface area (Å²) in [5.41, 5.74) is 1.51. The van der Waals surface area contributed by atoms with E-state index in [-0.39, 0.29) is 5.75 Å². The molecule has 0 radical (unpaired) electrons. The van der Waals surface area contributed by atoms with Crippen LogP contribution < -0.4 is 9.47 Å². The molecule has 2 heterocycles. The van der Waals surface area contributed by atoms with E-state index < -0.39 is 6.36 Å². The van der Waals surface area contributed by atoms with E-state index in [0.717, 1.165) is 6.42 Å². The third-order valence-corrected chi connectivity index (χ3v) is 3.14. The van der Waals surface area contributed by atoms with Gasteiger partial charge in [0.1, 0.15) is 17.2 Å². The van der Waals surface area contributed by atoms with Crippen LogP contribution in [0.15, 0.2) is 36.5 Å². The predicted octanol–water partition coefficient (Wildman–Crippen LogP) is 4.31. The van der Waals surface area contributed by atoms with E-state index in [2.05, 4.69) is 19.7 Å². The average Bonchev–Trinajstić information content (AvgIpc) is 2.95. The van der Waals surface area contributed by atoms with Crippen molar-refractivity contribution in [1.29, 1.82) is 0 Å². The van der Waals surface area contributed by atoms with Gasteiger partial charge >= 0.3 is 6.36 Å². The molecule has 3 aromatic rings. The Kier molecular flexibility index (Phi) is 4.28.